The van der Waals surface area contributed by atoms with Gasteiger partial charge in [0.2, 0.25) is 0 Å². The van der Waals surface area contributed by atoms with Crippen LogP contribution in [0.5, 0.6) is 0 Å². The first-order valence-electron chi connectivity index (χ1n) is 10.1. The van der Waals surface area contributed by atoms with Crippen molar-refractivity contribution in [3.05, 3.63) is 48.0 Å². The van der Waals surface area contributed by atoms with Gasteiger partial charge in [0.15, 0.2) is 0 Å². The number of hydrogen-bond donors (Lipinski definition) is 0. The number of benzene rings is 1. The molecule has 146 valence electrons. The first-order chi connectivity index (χ1) is 12.5. The molecular formula is C23H36ClNO. The molecule has 0 spiro atoms. The molecule has 0 aromatic heterocycles. The summed E-state index contributed by atoms with van der Waals surface area (Å²) in [6, 6.07) is 11.3. The van der Waals surface area contributed by atoms with Gasteiger partial charge in [0.1, 0.15) is 0 Å². The molecule has 0 aliphatic carbocycles. The van der Waals surface area contributed by atoms with Gasteiger partial charge in [0.25, 0.3) is 0 Å². The number of alkyl halides is 1. The molecule has 1 fully saturated rings. The molecule has 1 aliphatic heterocycles. The van der Waals surface area contributed by atoms with Crippen molar-refractivity contribution in [1.82, 2.24) is 4.90 Å². The van der Waals surface area contributed by atoms with Crippen molar-refractivity contribution in [2.24, 2.45) is 11.8 Å². The lowest BCUT2D eigenvalue weighted by Gasteiger charge is -2.36. The first kappa shape index (κ1) is 21.5. The zero-order valence-electron chi connectivity index (χ0n) is 17.0. The summed E-state index contributed by atoms with van der Waals surface area (Å²) in [5, 5.41) is 0. The van der Waals surface area contributed by atoms with Crippen molar-refractivity contribution >= 4 is 11.6 Å². The summed E-state index contributed by atoms with van der Waals surface area (Å²) >= 11 is 5.98. The number of rotatable bonds is 10. The fourth-order valence-electron chi connectivity index (χ4n) is 4.05. The molecular weight excluding hydrogens is 342 g/mol. The van der Waals surface area contributed by atoms with Gasteiger partial charge in [-0.25, -0.2) is 0 Å². The fourth-order valence-corrected chi connectivity index (χ4v) is 4.29. The van der Waals surface area contributed by atoms with Crippen LogP contribution < -0.4 is 0 Å². The van der Waals surface area contributed by atoms with Gasteiger partial charge in [-0.05, 0) is 50.1 Å². The zero-order chi connectivity index (χ0) is 19.1. The van der Waals surface area contributed by atoms with E-state index in [0.717, 1.165) is 18.5 Å². The van der Waals surface area contributed by atoms with Gasteiger partial charge < -0.3 is 4.74 Å². The minimum atomic E-state index is 0.203. The van der Waals surface area contributed by atoms with Crippen LogP contribution in [0.25, 0.3) is 0 Å². The summed E-state index contributed by atoms with van der Waals surface area (Å²) in [5.74, 6) is 1.33. The van der Waals surface area contributed by atoms with Gasteiger partial charge in [0, 0.05) is 18.5 Å². The summed E-state index contributed by atoms with van der Waals surface area (Å²) < 4.78 is 6.60. The van der Waals surface area contributed by atoms with Gasteiger partial charge in [-0.3, -0.25) is 4.90 Å². The van der Waals surface area contributed by atoms with Gasteiger partial charge in [-0.15, -0.1) is 11.6 Å². The molecule has 5 atom stereocenters. The van der Waals surface area contributed by atoms with E-state index in [2.05, 4.69) is 69.5 Å². The average Bonchev–Trinajstić information content (AvgIpc) is 3.12. The van der Waals surface area contributed by atoms with Crippen LogP contribution in [0, 0.1) is 11.8 Å². The Bertz CT molecular complexity index is 546. The Morgan fingerprint density at radius 2 is 1.96 bits per heavy atom. The van der Waals surface area contributed by atoms with Crippen LogP contribution in [0.3, 0.4) is 0 Å². The Kier molecular flexibility index (Phi) is 8.66. The SMILES string of the molecule is C=C(CCl)C(C)[C@@H](C)[C@@H](C)OC(CC)[C@@H]1CCCN1Cc1ccccc1. The third kappa shape index (κ3) is 5.58. The lowest BCUT2D eigenvalue weighted by molar-refractivity contribution is -0.0712. The van der Waals surface area contributed by atoms with Crippen LogP contribution in [-0.4, -0.2) is 35.6 Å². The van der Waals surface area contributed by atoms with Gasteiger partial charge in [-0.1, -0.05) is 63.3 Å². The second kappa shape index (κ2) is 10.5. The molecule has 1 aliphatic rings. The monoisotopic (exact) mass is 377 g/mol. The third-order valence-electron chi connectivity index (χ3n) is 6.21. The van der Waals surface area contributed by atoms with Crippen LogP contribution in [0.2, 0.25) is 0 Å². The second-order valence-electron chi connectivity index (χ2n) is 7.89. The van der Waals surface area contributed by atoms with Crippen LogP contribution >= 0.6 is 11.6 Å². The molecule has 1 saturated heterocycles. The standard InChI is InChI=1S/C23H36ClNO/c1-6-23(26-20(5)19(4)18(3)17(2)15-24)22-13-10-14-25(22)16-21-11-8-7-9-12-21/h7-9,11-12,18-20,22-23H,2,6,10,13-16H2,1,3-5H3/t18?,19-,20-,22+,23?/m1/s1. The van der Waals surface area contributed by atoms with Crippen molar-refractivity contribution in [2.75, 3.05) is 12.4 Å². The Hall–Kier alpha value is -0.830. The first-order valence-corrected chi connectivity index (χ1v) is 10.7. The normalized spacial score (nSPS) is 22.7. The van der Waals surface area contributed by atoms with E-state index in [1.54, 1.807) is 0 Å². The van der Waals surface area contributed by atoms with E-state index in [9.17, 15) is 0 Å². The predicted molar refractivity (Wildman–Crippen MR) is 113 cm³/mol. The van der Waals surface area contributed by atoms with Crippen LogP contribution in [0.4, 0.5) is 0 Å². The summed E-state index contributed by atoms with van der Waals surface area (Å²) in [6.07, 6.45) is 4.04. The molecule has 2 rings (SSSR count). The number of ether oxygens (including phenoxy) is 1. The second-order valence-corrected chi connectivity index (χ2v) is 8.16. The largest absolute Gasteiger partial charge is 0.373 e. The topological polar surface area (TPSA) is 12.5 Å². The number of allylic oxidation sites excluding steroid dienone is 1. The van der Waals surface area contributed by atoms with Crippen LogP contribution in [0.15, 0.2) is 42.5 Å². The number of nitrogens with zero attached hydrogens (tertiary/aromatic N) is 1. The Labute approximate surface area is 165 Å². The molecule has 0 saturated carbocycles. The van der Waals surface area contributed by atoms with Crippen molar-refractivity contribution in [1.29, 1.82) is 0 Å². The van der Waals surface area contributed by atoms with Gasteiger partial charge in [-0.2, -0.15) is 0 Å². The highest BCUT2D eigenvalue weighted by atomic mass is 35.5. The quantitative estimate of drug-likeness (QED) is 0.371. The van der Waals surface area contributed by atoms with Gasteiger partial charge in [0.05, 0.1) is 12.2 Å². The summed E-state index contributed by atoms with van der Waals surface area (Å²) in [7, 11) is 0. The number of likely N-dealkylation sites (tertiary alicyclic amines) is 1. The molecule has 1 heterocycles. The Balaban J connectivity index is 1.98. The smallest absolute Gasteiger partial charge is 0.0731 e. The van der Waals surface area contributed by atoms with E-state index in [4.69, 9.17) is 16.3 Å². The van der Waals surface area contributed by atoms with E-state index < -0.39 is 0 Å². The lowest BCUT2D eigenvalue weighted by atomic mass is 9.86. The summed E-state index contributed by atoms with van der Waals surface area (Å²) in [4.78, 5) is 2.61. The highest BCUT2D eigenvalue weighted by Gasteiger charge is 2.33. The molecule has 2 nitrogen and oxygen atoms in total. The predicted octanol–water partition coefficient (Wildman–Crippen LogP) is 5.90. The van der Waals surface area contributed by atoms with E-state index in [-0.39, 0.29) is 12.2 Å². The number of hydrogen-bond acceptors (Lipinski definition) is 2. The lowest BCUT2D eigenvalue weighted by Crippen LogP contribution is -2.42. The fraction of sp³-hybridized carbons (Fsp3) is 0.652. The minimum absolute atomic E-state index is 0.203. The molecule has 1 aromatic carbocycles. The minimum Gasteiger partial charge on any atom is -0.373 e. The van der Waals surface area contributed by atoms with Crippen LogP contribution in [0.1, 0.15) is 52.5 Å². The Morgan fingerprint density at radius 1 is 1.27 bits per heavy atom. The Morgan fingerprint density at radius 3 is 2.58 bits per heavy atom. The highest BCUT2D eigenvalue weighted by Crippen LogP contribution is 2.30. The van der Waals surface area contributed by atoms with E-state index in [1.165, 1.54) is 24.9 Å². The van der Waals surface area contributed by atoms with E-state index >= 15 is 0 Å². The summed E-state index contributed by atoms with van der Waals surface area (Å²) in [6.45, 7) is 15.2. The molecule has 0 amide bonds. The highest BCUT2D eigenvalue weighted by molar-refractivity contribution is 6.19. The third-order valence-corrected chi connectivity index (χ3v) is 6.55. The molecule has 3 heteroatoms. The molecule has 0 N–H and O–H groups in total. The van der Waals surface area contributed by atoms with Crippen molar-refractivity contribution < 1.29 is 4.74 Å². The molecule has 26 heavy (non-hydrogen) atoms. The molecule has 1 aromatic rings. The number of halogens is 1. The van der Waals surface area contributed by atoms with Crippen molar-refractivity contribution in [3.8, 4) is 0 Å². The summed E-state index contributed by atoms with van der Waals surface area (Å²) in [5.41, 5.74) is 2.50. The van der Waals surface area contributed by atoms with Gasteiger partial charge >= 0.3 is 0 Å². The van der Waals surface area contributed by atoms with Crippen LogP contribution in [-0.2, 0) is 11.3 Å². The maximum Gasteiger partial charge on any atom is 0.0731 e. The average molecular weight is 378 g/mol. The molecule has 0 bridgehead atoms. The van der Waals surface area contributed by atoms with Crippen molar-refractivity contribution in [2.45, 2.75) is 71.8 Å². The molecule has 0 radical (unpaired) electrons. The zero-order valence-corrected chi connectivity index (χ0v) is 17.7. The maximum atomic E-state index is 6.60. The molecule has 2 unspecified atom stereocenters. The van der Waals surface area contributed by atoms with E-state index in [1.807, 2.05) is 0 Å². The maximum absolute atomic E-state index is 6.60. The van der Waals surface area contributed by atoms with E-state index in [0.29, 0.717) is 23.8 Å². The van der Waals surface area contributed by atoms with Crippen molar-refractivity contribution in [3.63, 3.8) is 0 Å².